The van der Waals surface area contributed by atoms with E-state index in [0.29, 0.717) is 24.0 Å². The SMILES string of the molecule is CN=C(NCc1ccccc1F)NCC1CCN(Cc2nc(C)c(C)o2)CC1. The van der Waals surface area contributed by atoms with E-state index in [1.54, 1.807) is 19.2 Å². The van der Waals surface area contributed by atoms with E-state index in [9.17, 15) is 4.39 Å². The first-order chi connectivity index (χ1) is 13.5. The van der Waals surface area contributed by atoms with Crippen molar-refractivity contribution < 1.29 is 8.81 Å². The van der Waals surface area contributed by atoms with Gasteiger partial charge in [-0.2, -0.15) is 0 Å². The molecule has 1 fully saturated rings. The Labute approximate surface area is 166 Å². The molecule has 2 heterocycles. The summed E-state index contributed by atoms with van der Waals surface area (Å²) in [6.07, 6.45) is 2.24. The van der Waals surface area contributed by atoms with Crippen molar-refractivity contribution in [3.63, 3.8) is 0 Å². The van der Waals surface area contributed by atoms with E-state index < -0.39 is 0 Å². The Morgan fingerprint density at radius 2 is 2.00 bits per heavy atom. The zero-order valence-corrected chi connectivity index (χ0v) is 17.0. The van der Waals surface area contributed by atoms with E-state index in [2.05, 4.69) is 25.5 Å². The third-order valence-electron chi connectivity index (χ3n) is 5.32. The fraction of sp³-hybridized carbons (Fsp3) is 0.524. The molecule has 0 bridgehead atoms. The van der Waals surface area contributed by atoms with Crippen molar-refractivity contribution in [2.24, 2.45) is 10.9 Å². The van der Waals surface area contributed by atoms with E-state index in [1.807, 2.05) is 19.9 Å². The maximum absolute atomic E-state index is 13.7. The lowest BCUT2D eigenvalue weighted by Crippen LogP contribution is -2.42. The van der Waals surface area contributed by atoms with Gasteiger partial charge in [-0.15, -0.1) is 0 Å². The van der Waals surface area contributed by atoms with Gasteiger partial charge in [0.25, 0.3) is 0 Å². The molecule has 28 heavy (non-hydrogen) atoms. The van der Waals surface area contributed by atoms with Crippen LogP contribution in [-0.4, -0.2) is 42.5 Å². The summed E-state index contributed by atoms with van der Waals surface area (Å²) in [5.74, 6) is 2.81. The number of nitrogens with one attached hydrogen (secondary N) is 2. The quantitative estimate of drug-likeness (QED) is 0.589. The zero-order valence-electron chi connectivity index (χ0n) is 17.0. The summed E-state index contributed by atoms with van der Waals surface area (Å²) in [7, 11) is 1.74. The molecule has 0 atom stereocenters. The van der Waals surface area contributed by atoms with Crippen LogP contribution in [0.5, 0.6) is 0 Å². The van der Waals surface area contributed by atoms with Crippen LogP contribution in [0.4, 0.5) is 4.39 Å². The molecule has 1 aromatic heterocycles. The van der Waals surface area contributed by atoms with Gasteiger partial charge in [0.05, 0.1) is 12.2 Å². The number of hydrogen-bond acceptors (Lipinski definition) is 4. The maximum atomic E-state index is 13.7. The Bertz CT molecular complexity index is 776. The molecule has 152 valence electrons. The first kappa shape index (κ1) is 20.3. The zero-order chi connectivity index (χ0) is 19.9. The van der Waals surface area contributed by atoms with Gasteiger partial charge in [-0.1, -0.05) is 18.2 Å². The molecule has 1 aliphatic heterocycles. The highest BCUT2D eigenvalue weighted by Gasteiger charge is 2.21. The molecule has 2 aromatic rings. The number of benzene rings is 1. The molecule has 1 aromatic carbocycles. The largest absolute Gasteiger partial charge is 0.444 e. The smallest absolute Gasteiger partial charge is 0.208 e. The fourth-order valence-corrected chi connectivity index (χ4v) is 3.43. The van der Waals surface area contributed by atoms with Crippen LogP contribution < -0.4 is 10.6 Å². The Morgan fingerprint density at radius 1 is 1.25 bits per heavy atom. The molecule has 0 radical (unpaired) electrons. The number of aryl methyl sites for hydroxylation is 2. The second kappa shape index (κ2) is 9.68. The Balaban J connectivity index is 1.38. The van der Waals surface area contributed by atoms with Gasteiger partial charge in [-0.3, -0.25) is 9.89 Å². The monoisotopic (exact) mass is 387 g/mol. The summed E-state index contributed by atoms with van der Waals surface area (Å²) in [6.45, 7) is 8.06. The van der Waals surface area contributed by atoms with Crippen molar-refractivity contribution in [2.45, 2.75) is 39.8 Å². The Kier molecular flexibility index (Phi) is 7.03. The predicted molar refractivity (Wildman–Crippen MR) is 109 cm³/mol. The summed E-state index contributed by atoms with van der Waals surface area (Å²) < 4.78 is 19.4. The lowest BCUT2D eigenvalue weighted by Gasteiger charge is -2.31. The van der Waals surface area contributed by atoms with Gasteiger partial charge in [0.15, 0.2) is 5.96 Å². The van der Waals surface area contributed by atoms with Crippen LogP contribution in [-0.2, 0) is 13.1 Å². The summed E-state index contributed by atoms with van der Waals surface area (Å²) in [6, 6.07) is 6.79. The van der Waals surface area contributed by atoms with Crippen LogP contribution in [0.2, 0.25) is 0 Å². The number of halogens is 1. The van der Waals surface area contributed by atoms with E-state index in [-0.39, 0.29) is 5.82 Å². The maximum Gasteiger partial charge on any atom is 0.208 e. The van der Waals surface area contributed by atoms with Gasteiger partial charge in [-0.05, 0) is 51.8 Å². The van der Waals surface area contributed by atoms with Crippen molar-refractivity contribution in [2.75, 3.05) is 26.7 Å². The molecule has 2 N–H and O–H groups in total. The predicted octanol–water partition coefficient (Wildman–Crippen LogP) is 3.01. The molecular formula is C21H30FN5O. The van der Waals surface area contributed by atoms with Gasteiger partial charge in [-0.25, -0.2) is 9.37 Å². The number of guanidine groups is 1. The summed E-state index contributed by atoms with van der Waals surface area (Å²) in [4.78, 5) is 11.1. The second-order valence-electron chi connectivity index (χ2n) is 7.37. The fourth-order valence-electron chi connectivity index (χ4n) is 3.43. The molecule has 0 spiro atoms. The van der Waals surface area contributed by atoms with E-state index in [1.165, 1.54) is 6.07 Å². The van der Waals surface area contributed by atoms with Crippen molar-refractivity contribution in [3.8, 4) is 0 Å². The van der Waals surface area contributed by atoms with E-state index >= 15 is 0 Å². The van der Waals surface area contributed by atoms with Gasteiger partial charge < -0.3 is 15.1 Å². The van der Waals surface area contributed by atoms with Crippen LogP contribution in [0, 0.1) is 25.6 Å². The normalized spacial score (nSPS) is 16.4. The first-order valence-electron chi connectivity index (χ1n) is 9.88. The number of aromatic nitrogens is 1. The number of likely N-dealkylation sites (tertiary alicyclic amines) is 1. The molecule has 3 rings (SSSR count). The highest BCUT2D eigenvalue weighted by Crippen LogP contribution is 2.19. The minimum absolute atomic E-state index is 0.200. The number of piperidine rings is 1. The summed E-state index contributed by atoms with van der Waals surface area (Å²) >= 11 is 0. The van der Waals surface area contributed by atoms with Gasteiger partial charge >= 0.3 is 0 Å². The molecule has 0 amide bonds. The molecular weight excluding hydrogens is 357 g/mol. The van der Waals surface area contributed by atoms with Crippen molar-refractivity contribution in [3.05, 3.63) is 53.0 Å². The van der Waals surface area contributed by atoms with Gasteiger partial charge in [0.1, 0.15) is 11.6 Å². The number of aliphatic imine (C=N–C) groups is 1. The van der Waals surface area contributed by atoms with Crippen LogP contribution >= 0.6 is 0 Å². The standard InChI is InChI=1S/C21H30FN5O/c1-15-16(2)28-20(26-15)14-27-10-8-17(9-11-27)12-24-21(23-3)25-13-18-6-4-5-7-19(18)22/h4-7,17H,8-14H2,1-3H3,(H2,23,24,25). The van der Waals surface area contributed by atoms with Crippen LogP contribution in [0.25, 0.3) is 0 Å². The molecule has 0 aliphatic carbocycles. The molecule has 1 aliphatic rings. The number of nitrogens with zero attached hydrogens (tertiary/aromatic N) is 3. The Morgan fingerprint density at radius 3 is 2.64 bits per heavy atom. The minimum atomic E-state index is -0.200. The summed E-state index contributed by atoms with van der Waals surface area (Å²) in [5.41, 5.74) is 1.61. The molecule has 6 nitrogen and oxygen atoms in total. The molecule has 0 unspecified atom stereocenters. The number of rotatable bonds is 6. The highest BCUT2D eigenvalue weighted by molar-refractivity contribution is 5.79. The first-order valence-corrected chi connectivity index (χ1v) is 9.88. The van der Waals surface area contributed by atoms with Crippen molar-refractivity contribution in [1.82, 2.24) is 20.5 Å². The Hall–Kier alpha value is -2.41. The molecule has 7 heteroatoms. The number of oxazole rings is 1. The van der Waals surface area contributed by atoms with Crippen molar-refractivity contribution in [1.29, 1.82) is 0 Å². The topological polar surface area (TPSA) is 65.7 Å². The second-order valence-corrected chi connectivity index (χ2v) is 7.37. The average molecular weight is 388 g/mol. The third-order valence-corrected chi connectivity index (χ3v) is 5.32. The van der Waals surface area contributed by atoms with Gasteiger partial charge in [0, 0.05) is 25.7 Å². The van der Waals surface area contributed by atoms with Crippen LogP contribution in [0.3, 0.4) is 0 Å². The number of hydrogen-bond donors (Lipinski definition) is 2. The van der Waals surface area contributed by atoms with E-state index in [0.717, 1.165) is 56.4 Å². The average Bonchev–Trinajstić information content (AvgIpc) is 3.01. The van der Waals surface area contributed by atoms with Crippen LogP contribution in [0.1, 0.15) is 35.7 Å². The lowest BCUT2D eigenvalue weighted by molar-refractivity contribution is 0.164. The highest BCUT2D eigenvalue weighted by atomic mass is 19.1. The van der Waals surface area contributed by atoms with Gasteiger partial charge in [0.2, 0.25) is 5.89 Å². The van der Waals surface area contributed by atoms with E-state index in [4.69, 9.17) is 4.42 Å². The third kappa shape index (κ3) is 5.55. The molecule has 0 saturated carbocycles. The lowest BCUT2D eigenvalue weighted by atomic mass is 9.97. The molecule has 1 saturated heterocycles. The summed E-state index contributed by atoms with van der Waals surface area (Å²) in [5, 5.41) is 6.55. The minimum Gasteiger partial charge on any atom is -0.444 e. The van der Waals surface area contributed by atoms with Crippen LogP contribution in [0.15, 0.2) is 33.7 Å². The van der Waals surface area contributed by atoms with Crippen molar-refractivity contribution >= 4 is 5.96 Å².